The number of nitrogens with zero attached hydrogens (tertiary/aromatic N) is 3. The summed E-state index contributed by atoms with van der Waals surface area (Å²) in [5.41, 5.74) is 6.19. The molecule has 4 rings (SSSR count). The largest absolute Gasteiger partial charge is 0.335 e. The van der Waals surface area contributed by atoms with E-state index in [0.29, 0.717) is 6.04 Å². The second-order valence-corrected chi connectivity index (χ2v) is 6.89. The number of aromatic nitrogens is 2. The van der Waals surface area contributed by atoms with Crippen LogP contribution in [0.5, 0.6) is 0 Å². The summed E-state index contributed by atoms with van der Waals surface area (Å²) in [5, 5.41) is 10.9. The van der Waals surface area contributed by atoms with E-state index >= 15 is 0 Å². The third-order valence-electron chi connectivity index (χ3n) is 5.12. The van der Waals surface area contributed by atoms with Crippen molar-refractivity contribution < 1.29 is 0 Å². The number of pyridine rings is 1. The molecule has 0 bridgehead atoms. The van der Waals surface area contributed by atoms with Gasteiger partial charge in [0.2, 0.25) is 0 Å². The lowest BCUT2D eigenvalue weighted by atomic mass is 10.1. The average molecular weight is 315 g/mol. The standard InChI is InChI=1S/C21H21N3/c1-14-7-9-17-18(12-22)21(19-10-8-15(2)13-23-19)24(20(17)11-14)16-5-3-4-6-16/h7-11,13,16H,3-6H2,1-2H3. The van der Waals surface area contributed by atoms with Crippen LogP contribution in [0.2, 0.25) is 0 Å². The summed E-state index contributed by atoms with van der Waals surface area (Å²) in [5.74, 6) is 0. The maximum Gasteiger partial charge on any atom is 0.102 e. The van der Waals surface area contributed by atoms with E-state index in [9.17, 15) is 5.26 Å². The molecule has 0 saturated heterocycles. The highest BCUT2D eigenvalue weighted by atomic mass is 15.0. The Kier molecular flexibility index (Phi) is 3.61. The molecule has 1 aliphatic rings. The average Bonchev–Trinajstić information content (AvgIpc) is 3.20. The van der Waals surface area contributed by atoms with E-state index in [0.717, 1.165) is 27.9 Å². The van der Waals surface area contributed by atoms with Crippen molar-refractivity contribution in [2.75, 3.05) is 0 Å². The maximum absolute atomic E-state index is 9.87. The highest BCUT2D eigenvalue weighted by Crippen LogP contribution is 2.40. The summed E-state index contributed by atoms with van der Waals surface area (Å²) >= 11 is 0. The first-order valence-corrected chi connectivity index (χ1v) is 8.66. The highest BCUT2D eigenvalue weighted by molar-refractivity contribution is 5.94. The van der Waals surface area contributed by atoms with E-state index in [1.54, 1.807) is 0 Å². The Balaban J connectivity index is 2.07. The van der Waals surface area contributed by atoms with Crippen molar-refractivity contribution in [1.29, 1.82) is 5.26 Å². The molecule has 0 spiro atoms. The maximum atomic E-state index is 9.87. The smallest absolute Gasteiger partial charge is 0.102 e. The number of fused-ring (bicyclic) bond motifs is 1. The fourth-order valence-corrected chi connectivity index (χ4v) is 3.94. The topological polar surface area (TPSA) is 41.6 Å². The normalized spacial score (nSPS) is 15.0. The summed E-state index contributed by atoms with van der Waals surface area (Å²) in [6.45, 7) is 4.15. The van der Waals surface area contributed by atoms with Crippen molar-refractivity contribution in [2.45, 2.75) is 45.6 Å². The molecule has 3 nitrogen and oxygen atoms in total. The molecule has 0 atom stereocenters. The van der Waals surface area contributed by atoms with E-state index in [2.05, 4.69) is 46.8 Å². The number of hydrogen-bond acceptors (Lipinski definition) is 2. The van der Waals surface area contributed by atoms with Gasteiger partial charge in [-0.25, -0.2) is 0 Å². The molecule has 0 unspecified atom stereocenters. The van der Waals surface area contributed by atoms with Crippen molar-refractivity contribution in [2.24, 2.45) is 0 Å². The number of nitriles is 1. The van der Waals surface area contributed by atoms with Gasteiger partial charge in [0.15, 0.2) is 0 Å². The molecule has 0 amide bonds. The minimum atomic E-state index is 0.467. The van der Waals surface area contributed by atoms with Gasteiger partial charge < -0.3 is 4.57 Å². The Morgan fingerprint density at radius 1 is 1.08 bits per heavy atom. The molecule has 120 valence electrons. The highest BCUT2D eigenvalue weighted by Gasteiger charge is 2.26. The van der Waals surface area contributed by atoms with Crippen LogP contribution in [0.15, 0.2) is 36.5 Å². The van der Waals surface area contributed by atoms with Crippen LogP contribution < -0.4 is 0 Å². The summed E-state index contributed by atoms with van der Waals surface area (Å²) in [7, 11) is 0. The molecular weight excluding hydrogens is 294 g/mol. The molecular formula is C21H21N3. The van der Waals surface area contributed by atoms with Crippen LogP contribution in [0.3, 0.4) is 0 Å². The van der Waals surface area contributed by atoms with Crippen molar-refractivity contribution in [3.63, 3.8) is 0 Å². The van der Waals surface area contributed by atoms with E-state index in [1.807, 2.05) is 19.2 Å². The molecule has 0 N–H and O–H groups in total. The second kappa shape index (κ2) is 5.79. The van der Waals surface area contributed by atoms with Gasteiger partial charge in [0, 0.05) is 17.6 Å². The van der Waals surface area contributed by atoms with Gasteiger partial charge in [0.25, 0.3) is 0 Å². The molecule has 3 aromatic rings. The zero-order chi connectivity index (χ0) is 16.7. The van der Waals surface area contributed by atoms with Gasteiger partial charge in [0.1, 0.15) is 6.07 Å². The van der Waals surface area contributed by atoms with E-state index < -0.39 is 0 Å². The summed E-state index contributed by atoms with van der Waals surface area (Å²) in [4.78, 5) is 4.63. The van der Waals surface area contributed by atoms with Crippen LogP contribution in [0.1, 0.15) is 48.4 Å². The third kappa shape index (κ3) is 2.30. The van der Waals surface area contributed by atoms with Gasteiger partial charge in [-0.15, -0.1) is 0 Å². The zero-order valence-electron chi connectivity index (χ0n) is 14.2. The van der Waals surface area contributed by atoms with Crippen LogP contribution in [-0.2, 0) is 0 Å². The summed E-state index contributed by atoms with van der Waals surface area (Å²) < 4.78 is 2.39. The summed E-state index contributed by atoms with van der Waals surface area (Å²) in [6, 6.07) is 13.4. The van der Waals surface area contributed by atoms with Gasteiger partial charge >= 0.3 is 0 Å². The number of rotatable bonds is 2. The van der Waals surface area contributed by atoms with Crippen LogP contribution in [0, 0.1) is 25.2 Å². The molecule has 24 heavy (non-hydrogen) atoms. The molecule has 1 saturated carbocycles. The fourth-order valence-electron chi connectivity index (χ4n) is 3.94. The van der Waals surface area contributed by atoms with Crippen LogP contribution in [-0.4, -0.2) is 9.55 Å². The van der Waals surface area contributed by atoms with Crippen molar-refractivity contribution >= 4 is 10.9 Å². The third-order valence-corrected chi connectivity index (χ3v) is 5.12. The van der Waals surface area contributed by atoms with Gasteiger partial charge in [-0.05, 0) is 49.9 Å². The lowest BCUT2D eigenvalue weighted by Gasteiger charge is -2.18. The Labute approximate surface area is 142 Å². The molecule has 1 fully saturated rings. The Bertz CT molecular complexity index is 936. The van der Waals surface area contributed by atoms with Crippen LogP contribution in [0.25, 0.3) is 22.3 Å². The molecule has 0 aliphatic heterocycles. The van der Waals surface area contributed by atoms with Gasteiger partial charge in [-0.1, -0.05) is 31.0 Å². The fraction of sp³-hybridized carbons (Fsp3) is 0.333. The second-order valence-electron chi connectivity index (χ2n) is 6.89. The van der Waals surface area contributed by atoms with Crippen LogP contribution in [0.4, 0.5) is 0 Å². The van der Waals surface area contributed by atoms with E-state index in [4.69, 9.17) is 0 Å². The number of hydrogen-bond donors (Lipinski definition) is 0. The Morgan fingerprint density at radius 2 is 1.83 bits per heavy atom. The minimum absolute atomic E-state index is 0.467. The first-order chi connectivity index (χ1) is 11.7. The molecule has 2 heterocycles. The summed E-state index contributed by atoms with van der Waals surface area (Å²) in [6.07, 6.45) is 6.78. The first-order valence-electron chi connectivity index (χ1n) is 8.66. The quantitative estimate of drug-likeness (QED) is 0.643. The molecule has 3 heteroatoms. The number of aryl methyl sites for hydroxylation is 2. The molecule has 2 aromatic heterocycles. The van der Waals surface area contributed by atoms with Crippen molar-refractivity contribution in [1.82, 2.24) is 9.55 Å². The molecule has 1 aromatic carbocycles. The number of benzene rings is 1. The van der Waals surface area contributed by atoms with Gasteiger partial charge in [-0.3, -0.25) is 4.98 Å². The van der Waals surface area contributed by atoms with E-state index in [-0.39, 0.29) is 0 Å². The Hall–Kier alpha value is -2.60. The monoisotopic (exact) mass is 315 g/mol. The van der Waals surface area contributed by atoms with Crippen molar-refractivity contribution in [3.8, 4) is 17.5 Å². The van der Waals surface area contributed by atoms with Gasteiger partial charge in [-0.2, -0.15) is 5.26 Å². The predicted octanol–water partition coefficient (Wildman–Crippen LogP) is 5.31. The van der Waals surface area contributed by atoms with Gasteiger partial charge in [0.05, 0.1) is 22.5 Å². The minimum Gasteiger partial charge on any atom is -0.335 e. The van der Waals surface area contributed by atoms with Crippen LogP contribution >= 0.6 is 0 Å². The zero-order valence-corrected chi connectivity index (χ0v) is 14.2. The van der Waals surface area contributed by atoms with Crippen molar-refractivity contribution in [3.05, 3.63) is 53.2 Å². The lowest BCUT2D eigenvalue weighted by Crippen LogP contribution is -2.07. The Morgan fingerprint density at radius 3 is 2.50 bits per heavy atom. The SMILES string of the molecule is Cc1ccc(-c2c(C#N)c3ccc(C)cc3n2C2CCCC2)nc1. The molecule has 1 aliphatic carbocycles. The lowest BCUT2D eigenvalue weighted by molar-refractivity contribution is 0.539. The molecule has 0 radical (unpaired) electrons. The van der Waals surface area contributed by atoms with E-state index in [1.165, 1.54) is 36.8 Å². The first kappa shape index (κ1) is 15.0. The predicted molar refractivity (Wildman–Crippen MR) is 96.9 cm³/mol.